The van der Waals surface area contributed by atoms with E-state index in [1.165, 1.54) is 12.1 Å². The van der Waals surface area contributed by atoms with Crippen molar-refractivity contribution in [2.45, 2.75) is 18.9 Å². The van der Waals surface area contributed by atoms with E-state index in [-0.39, 0.29) is 20.5 Å². The molecule has 0 bridgehead atoms. The highest BCUT2D eigenvalue weighted by atomic mass is 127. The average Bonchev–Trinajstić information content (AvgIpc) is 2.69. The molecule has 0 spiro atoms. The van der Waals surface area contributed by atoms with Crippen LogP contribution < -0.4 is 5.32 Å². The van der Waals surface area contributed by atoms with Crippen LogP contribution in [-0.2, 0) is 4.74 Å². The van der Waals surface area contributed by atoms with Gasteiger partial charge < -0.3 is 10.1 Å². The van der Waals surface area contributed by atoms with Crippen molar-refractivity contribution in [2.75, 3.05) is 18.5 Å². The Kier molecular flexibility index (Phi) is 3.71. The predicted molar refractivity (Wildman–Crippen MR) is 73.2 cm³/mol. The second kappa shape index (κ2) is 4.96. The normalized spacial score (nSPS) is 23.1. The molecule has 0 aliphatic carbocycles. The van der Waals surface area contributed by atoms with E-state index in [1.54, 1.807) is 22.6 Å². The lowest BCUT2D eigenvalue weighted by atomic mass is 10.0. The number of nitrogens with zero attached hydrogens (tertiary/aromatic N) is 1. The average molecular weight is 366 g/mol. The summed E-state index contributed by atoms with van der Waals surface area (Å²) in [6.07, 6.45) is 0.734. The summed E-state index contributed by atoms with van der Waals surface area (Å²) in [7, 11) is 0. The number of rotatable bonds is 3. The van der Waals surface area contributed by atoms with Gasteiger partial charge in [0, 0.05) is 18.7 Å². The third-order valence-corrected chi connectivity index (χ3v) is 3.72. The van der Waals surface area contributed by atoms with Crippen molar-refractivity contribution in [3.63, 3.8) is 0 Å². The summed E-state index contributed by atoms with van der Waals surface area (Å²) in [6, 6.07) is 2.40. The molecule has 1 aromatic carbocycles. The highest BCUT2D eigenvalue weighted by Crippen LogP contribution is 2.32. The number of nitro groups is 1. The SMILES string of the molecule is CC1(Nc2cc(F)c(I)cc2[N+](=O)[O-])CCOC1. The zero-order valence-electron chi connectivity index (χ0n) is 9.70. The second-order valence-corrected chi connectivity index (χ2v) is 5.69. The third kappa shape index (κ3) is 2.72. The predicted octanol–water partition coefficient (Wildman–Crippen LogP) is 2.93. The van der Waals surface area contributed by atoms with E-state index in [9.17, 15) is 14.5 Å². The Morgan fingerprint density at radius 3 is 2.89 bits per heavy atom. The summed E-state index contributed by atoms with van der Waals surface area (Å²) in [6.45, 7) is 2.96. The minimum absolute atomic E-state index is 0.117. The summed E-state index contributed by atoms with van der Waals surface area (Å²) in [5.74, 6) is -0.466. The second-order valence-electron chi connectivity index (χ2n) is 4.53. The highest BCUT2D eigenvalue weighted by Gasteiger charge is 2.32. The third-order valence-electron chi connectivity index (χ3n) is 2.89. The van der Waals surface area contributed by atoms with Gasteiger partial charge in [0.1, 0.15) is 11.5 Å². The summed E-state index contributed by atoms with van der Waals surface area (Å²) in [5.41, 5.74) is -0.302. The minimum Gasteiger partial charge on any atom is -0.379 e. The van der Waals surface area contributed by atoms with Crippen molar-refractivity contribution in [3.05, 3.63) is 31.6 Å². The Morgan fingerprint density at radius 2 is 2.33 bits per heavy atom. The van der Waals surface area contributed by atoms with Crippen molar-refractivity contribution < 1.29 is 14.1 Å². The number of benzene rings is 1. The summed E-state index contributed by atoms with van der Waals surface area (Å²) in [4.78, 5) is 10.5. The van der Waals surface area contributed by atoms with E-state index in [1.807, 2.05) is 6.92 Å². The molecule has 18 heavy (non-hydrogen) atoms. The quantitative estimate of drug-likeness (QED) is 0.508. The van der Waals surface area contributed by atoms with Gasteiger partial charge in [-0.15, -0.1) is 0 Å². The molecule has 1 aliphatic rings. The summed E-state index contributed by atoms with van der Waals surface area (Å²) < 4.78 is 19.0. The molecule has 5 nitrogen and oxygen atoms in total. The number of nitro benzene ring substituents is 1. The van der Waals surface area contributed by atoms with E-state index in [4.69, 9.17) is 4.74 Å². The molecule has 0 aromatic heterocycles. The van der Waals surface area contributed by atoms with E-state index >= 15 is 0 Å². The highest BCUT2D eigenvalue weighted by molar-refractivity contribution is 14.1. The van der Waals surface area contributed by atoms with Crippen LogP contribution in [0, 0.1) is 19.5 Å². The zero-order chi connectivity index (χ0) is 13.3. The van der Waals surface area contributed by atoms with Gasteiger partial charge in [-0.25, -0.2) is 4.39 Å². The summed E-state index contributed by atoms with van der Waals surface area (Å²) >= 11 is 1.74. The van der Waals surface area contributed by atoms with Crippen LogP contribution in [0.25, 0.3) is 0 Å². The molecule has 1 aromatic rings. The molecule has 1 atom stereocenters. The standard InChI is InChI=1S/C11H12FIN2O3/c1-11(2-3-18-6-11)14-9-4-7(12)8(13)5-10(9)15(16)17/h4-5,14H,2-3,6H2,1H3. The lowest BCUT2D eigenvalue weighted by Gasteiger charge is -2.24. The van der Waals surface area contributed by atoms with Crippen molar-refractivity contribution >= 4 is 34.0 Å². The molecule has 1 aliphatic heterocycles. The first kappa shape index (κ1) is 13.5. The number of anilines is 1. The van der Waals surface area contributed by atoms with Crippen LogP contribution in [0.15, 0.2) is 12.1 Å². The van der Waals surface area contributed by atoms with Crippen LogP contribution in [0.4, 0.5) is 15.8 Å². The Hall–Kier alpha value is -0.960. The van der Waals surface area contributed by atoms with Gasteiger partial charge in [0.25, 0.3) is 5.69 Å². The largest absolute Gasteiger partial charge is 0.379 e. The first-order valence-electron chi connectivity index (χ1n) is 5.41. The van der Waals surface area contributed by atoms with Crippen molar-refractivity contribution in [1.29, 1.82) is 0 Å². The monoisotopic (exact) mass is 366 g/mol. The van der Waals surface area contributed by atoms with Gasteiger partial charge in [0.2, 0.25) is 0 Å². The fourth-order valence-corrected chi connectivity index (χ4v) is 2.33. The molecule has 7 heteroatoms. The molecule has 1 fully saturated rings. The lowest BCUT2D eigenvalue weighted by molar-refractivity contribution is -0.384. The van der Waals surface area contributed by atoms with Gasteiger partial charge in [0.15, 0.2) is 0 Å². The minimum atomic E-state index is -0.511. The van der Waals surface area contributed by atoms with E-state index in [2.05, 4.69) is 5.32 Å². The van der Waals surface area contributed by atoms with Gasteiger partial charge in [-0.05, 0) is 35.9 Å². The molecular weight excluding hydrogens is 354 g/mol. The number of hydrogen-bond donors (Lipinski definition) is 1. The fourth-order valence-electron chi connectivity index (χ4n) is 1.88. The molecule has 98 valence electrons. The van der Waals surface area contributed by atoms with E-state index in [0.29, 0.717) is 13.2 Å². The molecular formula is C11H12FIN2O3. The number of hydrogen-bond acceptors (Lipinski definition) is 4. The van der Waals surface area contributed by atoms with Crippen LogP contribution in [0.1, 0.15) is 13.3 Å². The van der Waals surface area contributed by atoms with Crippen molar-refractivity contribution in [2.24, 2.45) is 0 Å². The van der Waals surface area contributed by atoms with Crippen LogP contribution in [0.3, 0.4) is 0 Å². The van der Waals surface area contributed by atoms with Crippen molar-refractivity contribution in [3.8, 4) is 0 Å². The molecule has 0 saturated carbocycles. The maximum Gasteiger partial charge on any atom is 0.293 e. The first-order valence-corrected chi connectivity index (χ1v) is 6.48. The van der Waals surface area contributed by atoms with Crippen LogP contribution in [0.5, 0.6) is 0 Å². The molecule has 1 N–H and O–H groups in total. The number of ether oxygens (including phenoxy) is 1. The van der Waals surface area contributed by atoms with Gasteiger partial charge in [0.05, 0.1) is 20.6 Å². The molecule has 2 rings (SSSR count). The van der Waals surface area contributed by atoms with Gasteiger partial charge in [-0.3, -0.25) is 10.1 Å². The molecule has 1 unspecified atom stereocenters. The van der Waals surface area contributed by atoms with Crippen LogP contribution in [0.2, 0.25) is 0 Å². The molecule has 0 amide bonds. The van der Waals surface area contributed by atoms with Crippen molar-refractivity contribution in [1.82, 2.24) is 0 Å². The number of halogens is 2. The fraction of sp³-hybridized carbons (Fsp3) is 0.455. The van der Waals surface area contributed by atoms with Crippen LogP contribution >= 0.6 is 22.6 Å². The maximum atomic E-state index is 13.5. The Labute approximate surface area is 117 Å². The van der Waals surface area contributed by atoms with Gasteiger partial charge in [-0.2, -0.15) is 0 Å². The molecule has 0 radical (unpaired) electrons. The van der Waals surface area contributed by atoms with Gasteiger partial charge in [-0.1, -0.05) is 0 Å². The first-order chi connectivity index (χ1) is 8.41. The van der Waals surface area contributed by atoms with E-state index in [0.717, 1.165) is 6.42 Å². The number of nitrogens with one attached hydrogen (secondary N) is 1. The zero-order valence-corrected chi connectivity index (χ0v) is 11.9. The topological polar surface area (TPSA) is 64.4 Å². The van der Waals surface area contributed by atoms with E-state index < -0.39 is 10.7 Å². The Morgan fingerprint density at radius 1 is 1.61 bits per heavy atom. The lowest BCUT2D eigenvalue weighted by Crippen LogP contribution is -2.35. The summed E-state index contributed by atoms with van der Waals surface area (Å²) in [5, 5.41) is 14.0. The molecule has 1 heterocycles. The van der Waals surface area contributed by atoms with Crippen LogP contribution in [-0.4, -0.2) is 23.7 Å². The smallest absolute Gasteiger partial charge is 0.293 e. The molecule has 1 saturated heterocycles. The Balaban J connectivity index is 2.36. The Bertz CT molecular complexity index is 489. The maximum absolute atomic E-state index is 13.5. The van der Waals surface area contributed by atoms with Gasteiger partial charge >= 0.3 is 0 Å².